The van der Waals surface area contributed by atoms with Crippen LogP contribution in [-0.4, -0.2) is 23.4 Å². The van der Waals surface area contributed by atoms with Gasteiger partial charge in [0.2, 0.25) is 0 Å². The highest BCUT2D eigenvalue weighted by Gasteiger charge is 2.14. The van der Waals surface area contributed by atoms with Gasteiger partial charge in [0.25, 0.3) is 5.91 Å². The first-order chi connectivity index (χ1) is 6.67. The van der Waals surface area contributed by atoms with E-state index in [1.54, 1.807) is 6.92 Å². The van der Waals surface area contributed by atoms with Crippen LogP contribution in [0.15, 0.2) is 10.6 Å². The Hall–Kier alpha value is -1.65. The van der Waals surface area contributed by atoms with E-state index in [4.69, 9.17) is 4.52 Å². The largest absolute Gasteiger partial charge is 0.361 e. The van der Waals surface area contributed by atoms with Gasteiger partial charge in [-0.1, -0.05) is 12.1 Å². The van der Waals surface area contributed by atoms with Crippen LogP contribution in [0.25, 0.3) is 0 Å². The van der Waals surface area contributed by atoms with Crippen LogP contribution in [0.3, 0.4) is 0 Å². The van der Waals surface area contributed by atoms with Crippen molar-refractivity contribution < 1.29 is 14.1 Å². The summed E-state index contributed by atoms with van der Waals surface area (Å²) in [5, 5.41) is 6.05. The molecule has 0 fully saturated rings. The molecular weight excluding hydrogens is 184 g/mol. The van der Waals surface area contributed by atoms with Crippen molar-refractivity contribution in [3.63, 3.8) is 0 Å². The molecule has 0 aliphatic heterocycles. The normalized spacial score (nSPS) is 12.1. The summed E-state index contributed by atoms with van der Waals surface area (Å²) in [5.74, 6) is 0.176. The first-order valence-corrected chi connectivity index (χ1v) is 4.36. The third kappa shape index (κ3) is 2.42. The van der Waals surface area contributed by atoms with Gasteiger partial charge in [-0.15, -0.1) is 0 Å². The zero-order valence-electron chi connectivity index (χ0n) is 8.11. The number of nitrogens with one attached hydrogen (secondary N) is 1. The second-order valence-electron chi connectivity index (χ2n) is 2.95. The van der Waals surface area contributed by atoms with Crippen molar-refractivity contribution >= 4 is 12.2 Å². The predicted octanol–water partition coefficient (Wildman–Crippen LogP) is 0.690. The molecule has 1 aromatic heterocycles. The summed E-state index contributed by atoms with van der Waals surface area (Å²) in [7, 11) is 0. The topological polar surface area (TPSA) is 72.2 Å². The van der Waals surface area contributed by atoms with Crippen molar-refractivity contribution in [1.82, 2.24) is 10.5 Å². The van der Waals surface area contributed by atoms with E-state index >= 15 is 0 Å². The smallest absolute Gasteiger partial charge is 0.274 e. The van der Waals surface area contributed by atoms with E-state index in [-0.39, 0.29) is 11.6 Å². The van der Waals surface area contributed by atoms with Crippen LogP contribution in [0.4, 0.5) is 0 Å². The molecule has 1 N–H and O–H groups in total. The molecule has 5 heteroatoms. The predicted molar refractivity (Wildman–Crippen MR) is 48.8 cm³/mol. The lowest BCUT2D eigenvalue weighted by molar-refractivity contribution is -0.109. The van der Waals surface area contributed by atoms with E-state index in [1.165, 1.54) is 6.07 Å². The average molecular weight is 196 g/mol. The van der Waals surface area contributed by atoms with Crippen LogP contribution < -0.4 is 5.32 Å². The number of rotatable bonds is 4. The summed E-state index contributed by atoms with van der Waals surface area (Å²) in [6, 6.07) is 1.06. The van der Waals surface area contributed by atoms with Gasteiger partial charge in [-0.3, -0.25) is 4.79 Å². The molecule has 1 amide bonds. The van der Waals surface area contributed by atoms with E-state index in [0.717, 1.165) is 0 Å². The monoisotopic (exact) mass is 196 g/mol. The quantitative estimate of drug-likeness (QED) is 0.719. The van der Waals surface area contributed by atoms with Gasteiger partial charge in [-0.05, 0) is 13.3 Å². The van der Waals surface area contributed by atoms with Crippen LogP contribution in [0.1, 0.15) is 29.6 Å². The molecule has 1 rings (SSSR count). The molecule has 0 saturated carbocycles. The van der Waals surface area contributed by atoms with E-state index in [2.05, 4.69) is 10.5 Å². The standard InChI is InChI=1S/C9H12N2O3/c1-3-7(5-12)10-9(13)8-4-6(2)14-11-8/h4-5,7H,3H2,1-2H3,(H,10,13). The van der Waals surface area contributed by atoms with E-state index in [1.807, 2.05) is 6.92 Å². The van der Waals surface area contributed by atoms with Gasteiger partial charge < -0.3 is 14.6 Å². The zero-order chi connectivity index (χ0) is 10.6. The third-order valence-electron chi connectivity index (χ3n) is 1.78. The molecule has 0 radical (unpaired) electrons. The van der Waals surface area contributed by atoms with Gasteiger partial charge in [-0.2, -0.15) is 0 Å². The van der Waals surface area contributed by atoms with Crippen molar-refractivity contribution in [2.45, 2.75) is 26.3 Å². The summed E-state index contributed by atoms with van der Waals surface area (Å²) in [6.45, 7) is 3.51. The lowest BCUT2D eigenvalue weighted by Crippen LogP contribution is -2.35. The summed E-state index contributed by atoms with van der Waals surface area (Å²) < 4.78 is 4.74. The molecular formula is C9H12N2O3. The Morgan fingerprint density at radius 2 is 2.50 bits per heavy atom. The number of aldehydes is 1. The first kappa shape index (κ1) is 10.4. The molecule has 1 aromatic rings. The van der Waals surface area contributed by atoms with Crippen LogP contribution in [-0.2, 0) is 4.79 Å². The number of hydrogen-bond acceptors (Lipinski definition) is 4. The highest BCUT2D eigenvalue weighted by atomic mass is 16.5. The van der Waals surface area contributed by atoms with Crippen molar-refractivity contribution in [3.8, 4) is 0 Å². The molecule has 0 aliphatic carbocycles. The number of aryl methyl sites for hydroxylation is 1. The molecule has 1 atom stereocenters. The van der Waals surface area contributed by atoms with Gasteiger partial charge in [0.15, 0.2) is 5.69 Å². The fraction of sp³-hybridized carbons (Fsp3) is 0.444. The van der Waals surface area contributed by atoms with E-state index < -0.39 is 6.04 Å². The maximum atomic E-state index is 11.4. The number of aromatic nitrogens is 1. The molecule has 0 spiro atoms. The van der Waals surface area contributed by atoms with Crippen molar-refractivity contribution in [3.05, 3.63) is 17.5 Å². The number of carbonyl (C=O) groups is 2. The van der Waals surface area contributed by atoms with E-state index in [0.29, 0.717) is 18.5 Å². The number of amides is 1. The average Bonchev–Trinajstić information content (AvgIpc) is 2.61. The van der Waals surface area contributed by atoms with Crippen LogP contribution in [0.5, 0.6) is 0 Å². The number of carbonyl (C=O) groups excluding carboxylic acids is 2. The number of nitrogens with zero attached hydrogens (tertiary/aromatic N) is 1. The van der Waals surface area contributed by atoms with E-state index in [9.17, 15) is 9.59 Å². The first-order valence-electron chi connectivity index (χ1n) is 4.36. The highest BCUT2D eigenvalue weighted by Crippen LogP contribution is 2.01. The Balaban J connectivity index is 2.62. The summed E-state index contributed by atoms with van der Waals surface area (Å²) in [5.41, 5.74) is 0.197. The molecule has 1 heterocycles. The van der Waals surface area contributed by atoms with Crippen LogP contribution in [0, 0.1) is 6.92 Å². The third-order valence-corrected chi connectivity index (χ3v) is 1.78. The van der Waals surface area contributed by atoms with Gasteiger partial charge in [0.05, 0.1) is 6.04 Å². The minimum Gasteiger partial charge on any atom is -0.361 e. The molecule has 14 heavy (non-hydrogen) atoms. The van der Waals surface area contributed by atoms with Gasteiger partial charge in [0.1, 0.15) is 12.0 Å². The minimum absolute atomic E-state index is 0.197. The Bertz CT molecular complexity index is 333. The second kappa shape index (κ2) is 4.55. The molecule has 0 saturated heterocycles. The molecule has 5 nitrogen and oxygen atoms in total. The molecule has 76 valence electrons. The number of hydrogen-bond donors (Lipinski definition) is 1. The zero-order valence-corrected chi connectivity index (χ0v) is 8.11. The van der Waals surface area contributed by atoms with Crippen molar-refractivity contribution in [1.29, 1.82) is 0 Å². The van der Waals surface area contributed by atoms with Crippen molar-refractivity contribution in [2.24, 2.45) is 0 Å². The Morgan fingerprint density at radius 1 is 1.79 bits per heavy atom. The molecule has 0 aromatic carbocycles. The van der Waals surface area contributed by atoms with Gasteiger partial charge in [0, 0.05) is 6.07 Å². The molecule has 0 aliphatic rings. The summed E-state index contributed by atoms with van der Waals surface area (Å²) in [4.78, 5) is 21.8. The van der Waals surface area contributed by atoms with Crippen molar-refractivity contribution in [2.75, 3.05) is 0 Å². The molecule has 1 unspecified atom stereocenters. The lowest BCUT2D eigenvalue weighted by Gasteiger charge is -2.07. The maximum Gasteiger partial charge on any atom is 0.274 e. The second-order valence-corrected chi connectivity index (χ2v) is 2.95. The van der Waals surface area contributed by atoms with Crippen LogP contribution in [0.2, 0.25) is 0 Å². The summed E-state index contributed by atoms with van der Waals surface area (Å²) >= 11 is 0. The highest BCUT2D eigenvalue weighted by molar-refractivity contribution is 5.93. The lowest BCUT2D eigenvalue weighted by atomic mass is 10.2. The minimum atomic E-state index is -0.459. The van der Waals surface area contributed by atoms with Gasteiger partial charge >= 0.3 is 0 Å². The fourth-order valence-corrected chi connectivity index (χ4v) is 0.948. The Kier molecular flexibility index (Phi) is 3.39. The fourth-order valence-electron chi connectivity index (χ4n) is 0.948. The Morgan fingerprint density at radius 3 is 2.93 bits per heavy atom. The molecule has 0 bridgehead atoms. The Labute approximate surface area is 81.5 Å². The summed E-state index contributed by atoms with van der Waals surface area (Å²) in [6.07, 6.45) is 1.26. The van der Waals surface area contributed by atoms with Crippen LogP contribution >= 0.6 is 0 Å². The van der Waals surface area contributed by atoms with Gasteiger partial charge in [-0.25, -0.2) is 0 Å². The SMILES string of the molecule is CCC(C=O)NC(=O)c1cc(C)on1. The maximum absolute atomic E-state index is 11.4.